The van der Waals surface area contributed by atoms with Crippen LogP contribution in [0.5, 0.6) is 0 Å². The molecule has 1 fully saturated rings. The molecule has 1 rings (SSSR count). The Kier molecular flexibility index (Phi) is 6.45. The summed E-state index contributed by atoms with van der Waals surface area (Å²) in [5.74, 6) is -1.38. The molecular weight excluding hydrogens is 274 g/mol. The molecule has 0 spiro atoms. The lowest BCUT2D eigenvalue weighted by atomic mass is 9.94. The number of carbonyl (C=O) groups excluding carboxylic acids is 2. The van der Waals surface area contributed by atoms with E-state index in [2.05, 4.69) is 16.0 Å². The van der Waals surface area contributed by atoms with E-state index < -0.39 is 17.3 Å². The van der Waals surface area contributed by atoms with Crippen LogP contribution in [-0.2, 0) is 9.59 Å². The number of aliphatic carboxylic acids is 1. The third-order valence-corrected chi connectivity index (χ3v) is 3.66. The zero-order valence-electron chi connectivity index (χ0n) is 12.7. The second-order valence-corrected chi connectivity index (χ2v) is 6.13. The van der Waals surface area contributed by atoms with Gasteiger partial charge in [-0.2, -0.15) is 0 Å². The third kappa shape index (κ3) is 6.46. The zero-order chi connectivity index (χ0) is 15.9. The second-order valence-electron chi connectivity index (χ2n) is 6.13. The molecule has 1 aliphatic rings. The van der Waals surface area contributed by atoms with E-state index in [0.29, 0.717) is 0 Å². The molecule has 3 amide bonds. The first-order valence-electron chi connectivity index (χ1n) is 7.36. The largest absolute Gasteiger partial charge is 0.481 e. The monoisotopic (exact) mass is 299 g/mol. The maximum atomic E-state index is 11.6. The Hall–Kier alpha value is -1.79. The molecule has 0 unspecified atom stereocenters. The van der Waals surface area contributed by atoms with Gasteiger partial charge in [-0.25, -0.2) is 4.79 Å². The lowest BCUT2D eigenvalue weighted by Gasteiger charge is -2.23. The molecule has 1 saturated carbocycles. The fraction of sp³-hybridized carbons (Fsp3) is 0.786. The van der Waals surface area contributed by atoms with Crippen molar-refractivity contribution in [1.29, 1.82) is 0 Å². The van der Waals surface area contributed by atoms with Crippen molar-refractivity contribution >= 4 is 17.9 Å². The fourth-order valence-electron chi connectivity index (χ4n) is 2.10. The zero-order valence-corrected chi connectivity index (χ0v) is 12.7. The van der Waals surface area contributed by atoms with Crippen molar-refractivity contribution in [3.8, 4) is 0 Å². The smallest absolute Gasteiger partial charge is 0.315 e. The molecule has 0 aliphatic heterocycles. The van der Waals surface area contributed by atoms with E-state index in [0.717, 1.165) is 25.7 Å². The number of hydrogen-bond donors (Lipinski definition) is 4. The molecule has 0 saturated heterocycles. The first-order valence-corrected chi connectivity index (χ1v) is 7.36. The minimum Gasteiger partial charge on any atom is -0.481 e. The number of nitrogens with one attached hydrogen (secondary N) is 3. The van der Waals surface area contributed by atoms with Gasteiger partial charge in [-0.05, 0) is 26.7 Å². The van der Waals surface area contributed by atoms with E-state index in [9.17, 15) is 14.4 Å². The molecule has 120 valence electrons. The Balaban J connectivity index is 2.20. The van der Waals surface area contributed by atoms with E-state index in [1.807, 2.05) is 0 Å². The summed E-state index contributed by atoms with van der Waals surface area (Å²) in [6, 6.07) is -0.165. The topological polar surface area (TPSA) is 108 Å². The molecule has 0 radical (unpaired) electrons. The molecule has 0 aromatic rings. The molecule has 7 nitrogen and oxygen atoms in total. The Morgan fingerprint density at radius 3 is 2.29 bits per heavy atom. The number of urea groups is 1. The Labute approximate surface area is 124 Å². The van der Waals surface area contributed by atoms with Crippen LogP contribution in [0.4, 0.5) is 4.79 Å². The molecule has 1 aliphatic carbocycles. The highest BCUT2D eigenvalue weighted by Crippen LogP contribution is 2.17. The maximum absolute atomic E-state index is 11.6. The summed E-state index contributed by atoms with van der Waals surface area (Å²) in [5.41, 5.74) is -1.03. The van der Waals surface area contributed by atoms with Gasteiger partial charge in [-0.15, -0.1) is 0 Å². The standard InChI is InChI=1S/C14H25N3O4/c1-14(2,12(19)20)9-16-11(18)8-15-13(21)17-10-6-4-3-5-7-10/h10H,3-9H2,1-2H3,(H,16,18)(H,19,20)(H2,15,17,21). The molecule has 7 heteroatoms. The summed E-state index contributed by atoms with van der Waals surface area (Å²) in [6.07, 6.45) is 5.41. The summed E-state index contributed by atoms with van der Waals surface area (Å²) in [4.78, 5) is 34.1. The summed E-state index contributed by atoms with van der Waals surface area (Å²) < 4.78 is 0. The van der Waals surface area contributed by atoms with E-state index in [1.54, 1.807) is 0 Å². The highest BCUT2D eigenvalue weighted by molar-refractivity contribution is 5.84. The molecule has 0 heterocycles. The van der Waals surface area contributed by atoms with Gasteiger partial charge in [0.2, 0.25) is 5.91 Å². The van der Waals surface area contributed by atoms with Gasteiger partial charge in [-0.3, -0.25) is 9.59 Å². The lowest BCUT2D eigenvalue weighted by molar-refractivity contribution is -0.146. The first kappa shape index (κ1) is 17.3. The van der Waals surface area contributed by atoms with Gasteiger partial charge < -0.3 is 21.1 Å². The first-order chi connectivity index (χ1) is 9.81. The Bertz CT molecular complexity index is 390. The summed E-state index contributed by atoms with van der Waals surface area (Å²) in [7, 11) is 0. The number of carbonyl (C=O) groups is 3. The van der Waals surface area contributed by atoms with Gasteiger partial charge in [0.05, 0.1) is 12.0 Å². The highest BCUT2D eigenvalue weighted by atomic mass is 16.4. The van der Waals surface area contributed by atoms with Crippen LogP contribution in [0.15, 0.2) is 0 Å². The highest BCUT2D eigenvalue weighted by Gasteiger charge is 2.27. The van der Waals surface area contributed by atoms with Crippen LogP contribution in [0.2, 0.25) is 0 Å². The molecule has 21 heavy (non-hydrogen) atoms. The van der Waals surface area contributed by atoms with Gasteiger partial charge in [0.25, 0.3) is 0 Å². The van der Waals surface area contributed by atoms with Crippen LogP contribution in [0, 0.1) is 5.41 Å². The van der Waals surface area contributed by atoms with E-state index in [4.69, 9.17) is 5.11 Å². The number of rotatable bonds is 6. The number of carboxylic acids is 1. The summed E-state index contributed by atoms with van der Waals surface area (Å²) >= 11 is 0. The van der Waals surface area contributed by atoms with E-state index >= 15 is 0 Å². The fourth-order valence-corrected chi connectivity index (χ4v) is 2.10. The number of hydrogen-bond acceptors (Lipinski definition) is 3. The number of amides is 3. The van der Waals surface area contributed by atoms with Crippen molar-refractivity contribution in [2.75, 3.05) is 13.1 Å². The minimum atomic E-state index is -1.03. The van der Waals surface area contributed by atoms with Crippen LogP contribution in [0.25, 0.3) is 0 Å². The van der Waals surface area contributed by atoms with Crippen molar-refractivity contribution in [2.24, 2.45) is 5.41 Å². The van der Waals surface area contributed by atoms with Gasteiger partial charge in [0, 0.05) is 12.6 Å². The predicted molar refractivity (Wildman–Crippen MR) is 77.8 cm³/mol. The van der Waals surface area contributed by atoms with Gasteiger partial charge in [0.15, 0.2) is 0 Å². The average molecular weight is 299 g/mol. The van der Waals surface area contributed by atoms with E-state index in [1.165, 1.54) is 20.3 Å². The molecule has 0 atom stereocenters. The minimum absolute atomic E-state index is 0.0209. The lowest BCUT2D eigenvalue weighted by Crippen LogP contribution is -2.47. The maximum Gasteiger partial charge on any atom is 0.315 e. The Morgan fingerprint density at radius 2 is 1.71 bits per heavy atom. The molecule has 0 aromatic heterocycles. The van der Waals surface area contributed by atoms with Crippen LogP contribution in [-0.4, -0.2) is 42.1 Å². The molecular formula is C14H25N3O4. The van der Waals surface area contributed by atoms with Crippen LogP contribution in [0.3, 0.4) is 0 Å². The van der Waals surface area contributed by atoms with Crippen LogP contribution >= 0.6 is 0 Å². The normalized spacial score (nSPS) is 16.1. The van der Waals surface area contributed by atoms with Crippen molar-refractivity contribution < 1.29 is 19.5 Å². The van der Waals surface area contributed by atoms with Crippen LogP contribution < -0.4 is 16.0 Å². The SMILES string of the molecule is CC(C)(CNC(=O)CNC(=O)NC1CCCCC1)C(=O)O. The van der Waals surface area contributed by atoms with Crippen molar-refractivity contribution in [3.63, 3.8) is 0 Å². The van der Waals surface area contributed by atoms with Gasteiger partial charge >= 0.3 is 12.0 Å². The van der Waals surface area contributed by atoms with E-state index in [-0.39, 0.29) is 25.2 Å². The van der Waals surface area contributed by atoms with Gasteiger partial charge in [0.1, 0.15) is 0 Å². The molecule has 4 N–H and O–H groups in total. The van der Waals surface area contributed by atoms with Crippen LogP contribution in [0.1, 0.15) is 46.0 Å². The third-order valence-electron chi connectivity index (χ3n) is 3.66. The average Bonchev–Trinajstić information content (AvgIpc) is 2.44. The molecule has 0 aromatic carbocycles. The van der Waals surface area contributed by atoms with Gasteiger partial charge in [-0.1, -0.05) is 19.3 Å². The summed E-state index contributed by atoms with van der Waals surface area (Å²) in [6.45, 7) is 2.92. The Morgan fingerprint density at radius 1 is 1.10 bits per heavy atom. The quantitative estimate of drug-likeness (QED) is 0.583. The molecule has 0 bridgehead atoms. The predicted octanol–water partition coefficient (Wildman–Crippen LogP) is 0.845. The van der Waals surface area contributed by atoms with Crippen molar-refractivity contribution in [1.82, 2.24) is 16.0 Å². The summed E-state index contributed by atoms with van der Waals surface area (Å²) in [5, 5.41) is 16.8. The van der Waals surface area contributed by atoms with Crippen molar-refractivity contribution in [2.45, 2.75) is 52.0 Å². The number of carboxylic acid groups (broad SMARTS) is 1. The van der Waals surface area contributed by atoms with Crippen molar-refractivity contribution in [3.05, 3.63) is 0 Å². The second kappa shape index (κ2) is 7.85.